The summed E-state index contributed by atoms with van der Waals surface area (Å²) in [5.41, 5.74) is 17.1. The lowest BCUT2D eigenvalue weighted by molar-refractivity contribution is -0.143. The van der Waals surface area contributed by atoms with Crippen molar-refractivity contribution in [2.24, 2.45) is 23.1 Å². The average Bonchev–Trinajstić information content (AvgIpc) is 3.30. The number of imidazole rings is 1. The number of primary amides is 1. The van der Waals surface area contributed by atoms with Gasteiger partial charge in [0.1, 0.15) is 18.1 Å². The molecule has 14 nitrogen and oxygen atoms in total. The van der Waals surface area contributed by atoms with E-state index in [0.29, 0.717) is 31.5 Å². The second-order valence-electron chi connectivity index (χ2n) is 8.99. The number of aromatic amines is 1. The van der Waals surface area contributed by atoms with E-state index in [1.54, 1.807) is 0 Å². The molecule has 1 aromatic rings. The Hall–Kier alpha value is -3.52. The van der Waals surface area contributed by atoms with Gasteiger partial charge in [-0.15, -0.1) is 0 Å². The summed E-state index contributed by atoms with van der Waals surface area (Å²) in [5.74, 6) is -4.41. The monoisotopic (exact) mass is 510 g/mol. The third-order valence-corrected chi connectivity index (χ3v) is 5.28. The predicted molar refractivity (Wildman–Crippen MR) is 130 cm³/mol. The molecule has 1 rings (SSSR count). The number of hydrogen-bond acceptors (Lipinski definition) is 8. The van der Waals surface area contributed by atoms with Crippen molar-refractivity contribution in [3.05, 3.63) is 18.2 Å². The molecule has 0 aliphatic carbocycles. The minimum atomic E-state index is -1.55. The number of rotatable bonds is 17. The van der Waals surface area contributed by atoms with Gasteiger partial charge in [-0.1, -0.05) is 20.3 Å². The second-order valence-corrected chi connectivity index (χ2v) is 8.99. The standard InChI is InChI=1S/C22H38N8O6/c1-12(2)7-15(20(33)30-17(22(35)36)9-18(25)31)29-21(34)16(8-13-10-26-11-27-13)28-19(32)14(24)5-3-4-6-23/h10-12,14-17H,3-9,23-24H2,1-2H3,(H2,25,31)(H,26,27)(H,28,32)(H,29,34)(H,30,33)(H,35,36). The van der Waals surface area contributed by atoms with Crippen molar-refractivity contribution in [3.63, 3.8) is 0 Å². The number of aromatic nitrogens is 2. The maximum Gasteiger partial charge on any atom is 0.326 e. The van der Waals surface area contributed by atoms with E-state index in [1.165, 1.54) is 12.5 Å². The molecule has 4 atom stereocenters. The molecule has 14 heteroatoms. The number of hydrogen-bond donors (Lipinski definition) is 8. The minimum absolute atomic E-state index is 0.0442. The van der Waals surface area contributed by atoms with Crippen molar-refractivity contribution < 1.29 is 29.1 Å². The first-order chi connectivity index (χ1) is 16.9. The molecule has 0 radical (unpaired) electrons. The predicted octanol–water partition coefficient (Wildman–Crippen LogP) is -2.13. The molecule has 0 bridgehead atoms. The van der Waals surface area contributed by atoms with Crippen LogP contribution in [0.3, 0.4) is 0 Å². The van der Waals surface area contributed by atoms with Gasteiger partial charge in [0.25, 0.3) is 0 Å². The van der Waals surface area contributed by atoms with E-state index < -0.39 is 60.2 Å². The Kier molecular flexibility index (Phi) is 13.1. The van der Waals surface area contributed by atoms with Crippen molar-refractivity contribution in [2.45, 2.75) is 76.5 Å². The van der Waals surface area contributed by atoms with E-state index in [-0.39, 0.29) is 18.8 Å². The van der Waals surface area contributed by atoms with Gasteiger partial charge in [-0.3, -0.25) is 19.2 Å². The summed E-state index contributed by atoms with van der Waals surface area (Å²) in [4.78, 5) is 68.0. The molecule has 0 saturated carbocycles. The van der Waals surface area contributed by atoms with Gasteiger partial charge in [0.2, 0.25) is 23.6 Å². The number of nitrogens with zero attached hydrogens (tertiary/aromatic N) is 1. The zero-order chi connectivity index (χ0) is 27.3. The molecular formula is C22H38N8O6. The van der Waals surface area contributed by atoms with Crippen LogP contribution >= 0.6 is 0 Å². The number of aliphatic carboxylic acids is 1. The van der Waals surface area contributed by atoms with Crippen molar-refractivity contribution in [2.75, 3.05) is 6.54 Å². The highest BCUT2D eigenvalue weighted by molar-refractivity contribution is 5.95. The topological polar surface area (TPSA) is 248 Å². The summed E-state index contributed by atoms with van der Waals surface area (Å²) in [6.07, 6.45) is 4.26. The van der Waals surface area contributed by atoms with Crippen LogP contribution in [0.4, 0.5) is 0 Å². The Morgan fingerprint density at radius 3 is 2.14 bits per heavy atom. The summed E-state index contributed by atoms with van der Waals surface area (Å²) in [6.45, 7) is 4.10. The highest BCUT2D eigenvalue weighted by Crippen LogP contribution is 2.08. The Labute approximate surface area is 209 Å². The number of unbranched alkanes of at least 4 members (excludes halogenated alkanes) is 1. The molecule has 36 heavy (non-hydrogen) atoms. The summed E-state index contributed by atoms with van der Waals surface area (Å²) < 4.78 is 0. The van der Waals surface area contributed by atoms with Crippen LogP contribution in [-0.4, -0.2) is 75.4 Å². The number of carbonyl (C=O) groups is 5. The smallest absolute Gasteiger partial charge is 0.326 e. The average molecular weight is 511 g/mol. The molecule has 0 fully saturated rings. The van der Waals surface area contributed by atoms with Crippen LogP contribution in [-0.2, 0) is 30.4 Å². The fourth-order valence-electron chi connectivity index (χ4n) is 3.39. The van der Waals surface area contributed by atoms with E-state index in [0.717, 1.165) is 0 Å². The first-order valence-corrected chi connectivity index (χ1v) is 11.8. The number of H-pyrrole nitrogens is 1. The van der Waals surface area contributed by atoms with Gasteiger partial charge in [0.05, 0.1) is 18.8 Å². The first-order valence-electron chi connectivity index (χ1n) is 11.8. The van der Waals surface area contributed by atoms with Crippen molar-refractivity contribution in [1.82, 2.24) is 25.9 Å². The highest BCUT2D eigenvalue weighted by Gasteiger charge is 2.31. The molecule has 4 amide bonds. The lowest BCUT2D eigenvalue weighted by atomic mass is 10.0. The van der Waals surface area contributed by atoms with Crippen LogP contribution in [0, 0.1) is 5.92 Å². The second kappa shape index (κ2) is 15.5. The number of carboxylic acids is 1. The van der Waals surface area contributed by atoms with Crippen molar-refractivity contribution in [1.29, 1.82) is 0 Å². The Bertz CT molecular complexity index is 876. The zero-order valence-electron chi connectivity index (χ0n) is 20.7. The largest absolute Gasteiger partial charge is 0.480 e. The molecule has 0 aromatic carbocycles. The van der Waals surface area contributed by atoms with Crippen molar-refractivity contribution in [3.8, 4) is 0 Å². The summed E-state index contributed by atoms with van der Waals surface area (Å²) >= 11 is 0. The Morgan fingerprint density at radius 2 is 1.61 bits per heavy atom. The van der Waals surface area contributed by atoms with E-state index >= 15 is 0 Å². The molecule has 0 aliphatic heterocycles. The lowest BCUT2D eigenvalue weighted by Gasteiger charge is -2.26. The van der Waals surface area contributed by atoms with Gasteiger partial charge in [0.15, 0.2) is 0 Å². The van der Waals surface area contributed by atoms with E-state index in [2.05, 4.69) is 25.9 Å². The zero-order valence-corrected chi connectivity index (χ0v) is 20.7. The van der Waals surface area contributed by atoms with Crippen LogP contribution in [0.2, 0.25) is 0 Å². The van der Waals surface area contributed by atoms with E-state index in [4.69, 9.17) is 17.2 Å². The van der Waals surface area contributed by atoms with E-state index in [1.807, 2.05) is 13.8 Å². The SMILES string of the molecule is CC(C)CC(NC(=O)C(Cc1cnc[nH]1)NC(=O)C(N)CCCCN)C(=O)NC(CC(N)=O)C(=O)O. The van der Waals surface area contributed by atoms with Crippen LogP contribution in [0.25, 0.3) is 0 Å². The van der Waals surface area contributed by atoms with Gasteiger partial charge in [-0.05, 0) is 31.7 Å². The fraction of sp³-hybridized carbons (Fsp3) is 0.636. The molecule has 0 spiro atoms. The molecule has 1 heterocycles. The fourth-order valence-corrected chi connectivity index (χ4v) is 3.39. The maximum absolute atomic E-state index is 13.2. The molecule has 11 N–H and O–H groups in total. The van der Waals surface area contributed by atoms with Gasteiger partial charge in [-0.25, -0.2) is 9.78 Å². The third kappa shape index (κ3) is 11.3. The third-order valence-electron chi connectivity index (χ3n) is 5.28. The lowest BCUT2D eigenvalue weighted by Crippen LogP contribution is -2.58. The minimum Gasteiger partial charge on any atom is -0.480 e. The molecular weight excluding hydrogens is 472 g/mol. The Balaban J connectivity index is 3.02. The number of amides is 4. The quantitative estimate of drug-likeness (QED) is 0.106. The molecule has 0 saturated heterocycles. The first kappa shape index (κ1) is 30.5. The van der Waals surface area contributed by atoms with Gasteiger partial charge >= 0.3 is 5.97 Å². The Morgan fingerprint density at radius 1 is 1.00 bits per heavy atom. The summed E-state index contributed by atoms with van der Waals surface area (Å²) in [5, 5.41) is 16.7. The number of nitrogens with two attached hydrogens (primary N) is 3. The molecule has 0 aliphatic rings. The molecule has 4 unspecified atom stereocenters. The van der Waals surface area contributed by atoms with Gasteiger partial charge in [-0.2, -0.15) is 0 Å². The maximum atomic E-state index is 13.2. The van der Waals surface area contributed by atoms with Crippen LogP contribution in [0.5, 0.6) is 0 Å². The summed E-state index contributed by atoms with van der Waals surface area (Å²) in [6, 6.07) is -4.63. The van der Waals surface area contributed by atoms with Crippen LogP contribution in [0.1, 0.15) is 51.6 Å². The number of carboxylic acid groups (broad SMARTS) is 1. The van der Waals surface area contributed by atoms with Gasteiger partial charge < -0.3 is 43.2 Å². The van der Waals surface area contributed by atoms with Gasteiger partial charge in [0, 0.05) is 18.3 Å². The normalized spacial score (nSPS) is 14.4. The van der Waals surface area contributed by atoms with E-state index in [9.17, 15) is 29.1 Å². The number of carbonyl (C=O) groups excluding carboxylic acids is 4. The molecule has 202 valence electrons. The summed E-state index contributed by atoms with van der Waals surface area (Å²) in [7, 11) is 0. The van der Waals surface area contributed by atoms with Crippen LogP contribution in [0.15, 0.2) is 12.5 Å². The highest BCUT2D eigenvalue weighted by atomic mass is 16.4. The molecule has 1 aromatic heterocycles. The number of nitrogens with one attached hydrogen (secondary N) is 4. The van der Waals surface area contributed by atoms with Crippen molar-refractivity contribution >= 4 is 29.6 Å². The van der Waals surface area contributed by atoms with Crippen LogP contribution < -0.4 is 33.2 Å².